The summed E-state index contributed by atoms with van der Waals surface area (Å²) >= 11 is 0. The fourth-order valence-electron chi connectivity index (χ4n) is 1.43. The Morgan fingerprint density at radius 2 is 1.94 bits per heavy atom. The molecule has 86 valence electrons. The highest BCUT2D eigenvalue weighted by molar-refractivity contribution is 5.50. The number of hydrogen-bond acceptors (Lipinski definition) is 1. The zero-order valence-electron chi connectivity index (χ0n) is 9.84. The zero-order chi connectivity index (χ0) is 11.6. The quantitative estimate of drug-likeness (QED) is 0.717. The van der Waals surface area contributed by atoms with Gasteiger partial charge in [-0.3, -0.25) is 0 Å². The first-order valence-electron chi connectivity index (χ1n) is 5.91. The maximum atomic E-state index is 9.56. The Labute approximate surface area is 98.1 Å². The normalized spacial score (nSPS) is 13.6. The van der Waals surface area contributed by atoms with E-state index in [0.29, 0.717) is 0 Å². The van der Waals surface area contributed by atoms with Crippen LogP contribution in [0.3, 0.4) is 0 Å². The molecule has 1 nitrogen and oxygen atoms in total. The van der Waals surface area contributed by atoms with Crippen LogP contribution in [0.25, 0.3) is 6.08 Å². The standard InChI is InChI=1S/C15H20O/c1-2-3-12-15(16)13-8-7-11-14-9-5-4-6-10-14/h4-11,13,15-16H,2-3,12H2,1H3/b11-7+,13-8+. The van der Waals surface area contributed by atoms with Crippen LogP contribution in [0, 0.1) is 0 Å². The summed E-state index contributed by atoms with van der Waals surface area (Å²) in [6.45, 7) is 2.13. The van der Waals surface area contributed by atoms with E-state index in [-0.39, 0.29) is 6.10 Å². The van der Waals surface area contributed by atoms with Crippen LogP contribution >= 0.6 is 0 Å². The number of unbranched alkanes of at least 4 members (excludes halogenated alkanes) is 1. The van der Waals surface area contributed by atoms with Crippen molar-refractivity contribution < 1.29 is 5.11 Å². The van der Waals surface area contributed by atoms with E-state index in [4.69, 9.17) is 0 Å². The fourth-order valence-corrected chi connectivity index (χ4v) is 1.43. The van der Waals surface area contributed by atoms with Crippen LogP contribution in [0.5, 0.6) is 0 Å². The van der Waals surface area contributed by atoms with Gasteiger partial charge in [0.25, 0.3) is 0 Å². The van der Waals surface area contributed by atoms with Crippen molar-refractivity contribution in [3.63, 3.8) is 0 Å². The third kappa shape index (κ3) is 5.52. The molecule has 16 heavy (non-hydrogen) atoms. The van der Waals surface area contributed by atoms with E-state index in [1.807, 2.05) is 42.5 Å². The van der Waals surface area contributed by atoms with Gasteiger partial charge >= 0.3 is 0 Å². The van der Waals surface area contributed by atoms with Gasteiger partial charge in [0.2, 0.25) is 0 Å². The Balaban J connectivity index is 2.33. The minimum atomic E-state index is -0.305. The Morgan fingerprint density at radius 1 is 1.19 bits per heavy atom. The van der Waals surface area contributed by atoms with Crippen LogP contribution in [0.2, 0.25) is 0 Å². The average Bonchev–Trinajstić information content (AvgIpc) is 2.33. The maximum Gasteiger partial charge on any atom is 0.0723 e. The minimum Gasteiger partial charge on any atom is -0.389 e. The number of aliphatic hydroxyl groups is 1. The van der Waals surface area contributed by atoms with E-state index in [2.05, 4.69) is 19.1 Å². The summed E-state index contributed by atoms with van der Waals surface area (Å²) in [6, 6.07) is 10.1. The van der Waals surface area contributed by atoms with E-state index >= 15 is 0 Å². The molecule has 1 rings (SSSR count). The number of aliphatic hydroxyl groups excluding tert-OH is 1. The van der Waals surface area contributed by atoms with E-state index in [1.165, 1.54) is 5.56 Å². The second-order valence-electron chi connectivity index (χ2n) is 3.86. The SMILES string of the molecule is CCCCC(O)/C=C/C=C/c1ccccc1. The first-order chi connectivity index (χ1) is 7.83. The molecule has 0 bridgehead atoms. The molecule has 1 aromatic carbocycles. The second-order valence-corrected chi connectivity index (χ2v) is 3.86. The first-order valence-corrected chi connectivity index (χ1v) is 5.91. The van der Waals surface area contributed by atoms with Crippen molar-refractivity contribution in [2.24, 2.45) is 0 Å². The fraction of sp³-hybridized carbons (Fsp3) is 0.333. The van der Waals surface area contributed by atoms with Crippen molar-refractivity contribution in [1.29, 1.82) is 0 Å². The van der Waals surface area contributed by atoms with Crippen molar-refractivity contribution in [3.8, 4) is 0 Å². The molecule has 0 aromatic heterocycles. The lowest BCUT2D eigenvalue weighted by atomic mass is 10.1. The Kier molecular flexibility index (Phi) is 6.28. The molecule has 0 amide bonds. The maximum absolute atomic E-state index is 9.56. The summed E-state index contributed by atoms with van der Waals surface area (Å²) in [7, 11) is 0. The van der Waals surface area contributed by atoms with Gasteiger partial charge in [-0.15, -0.1) is 0 Å². The van der Waals surface area contributed by atoms with Gasteiger partial charge in [-0.25, -0.2) is 0 Å². The molecule has 0 saturated carbocycles. The van der Waals surface area contributed by atoms with E-state index in [9.17, 15) is 5.11 Å². The third-order valence-electron chi connectivity index (χ3n) is 2.39. The molecule has 0 fully saturated rings. The lowest BCUT2D eigenvalue weighted by Gasteiger charge is -2.01. The summed E-state index contributed by atoms with van der Waals surface area (Å²) in [5.74, 6) is 0. The van der Waals surface area contributed by atoms with Crippen LogP contribution in [-0.4, -0.2) is 11.2 Å². The number of hydrogen-bond donors (Lipinski definition) is 1. The number of benzene rings is 1. The molecule has 0 aliphatic carbocycles. The smallest absolute Gasteiger partial charge is 0.0723 e. The summed E-state index contributed by atoms with van der Waals surface area (Å²) in [4.78, 5) is 0. The van der Waals surface area contributed by atoms with Crippen molar-refractivity contribution >= 4 is 6.08 Å². The monoisotopic (exact) mass is 216 g/mol. The van der Waals surface area contributed by atoms with Crippen LogP contribution in [0.15, 0.2) is 48.6 Å². The molecule has 0 radical (unpaired) electrons. The van der Waals surface area contributed by atoms with Gasteiger partial charge in [-0.1, -0.05) is 74.4 Å². The summed E-state index contributed by atoms with van der Waals surface area (Å²) < 4.78 is 0. The topological polar surface area (TPSA) is 20.2 Å². The molecule has 1 aromatic rings. The van der Waals surface area contributed by atoms with Crippen molar-refractivity contribution in [1.82, 2.24) is 0 Å². The zero-order valence-corrected chi connectivity index (χ0v) is 9.84. The number of rotatable bonds is 6. The highest BCUT2D eigenvalue weighted by Gasteiger charge is 1.95. The van der Waals surface area contributed by atoms with Crippen LogP contribution < -0.4 is 0 Å². The predicted octanol–water partition coefficient (Wildman–Crippen LogP) is 3.81. The summed E-state index contributed by atoms with van der Waals surface area (Å²) in [6.07, 6.45) is 10.5. The van der Waals surface area contributed by atoms with E-state index < -0.39 is 0 Å². The van der Waals surface area contributed by atoms with E-state index in [1.54, 1.807) is 0 Å². The minimum absolute atomic E-state index is 0.305. The predicted molar refractivity (Wildman–Crippen MR) is 70.1 cm³/mol. The Bertz CT molecular complexity index is 325. The van der Waals surface area contributed by atoms with Gasteiger partial charge in [-0.2, -0.15) is 0 Å². The van der Waals surface area contributed by atoms with Crippen LogP contribution in [0.1, 0.15) is 31.7 Å². The Hall–Kier alpha value is -1.34. The summed E-state index contributed by atoms with van der Waals surface area (Å²) in [5.41, 5.74) is 1.18. The van der Waals surface area contributed by atoms with Crippen LogP contribution in [0.4, 0.5) is 0 Å². The first kappa shape index (κ1) is 12.7. The molecule has 0 saturated heterocycles. The van der Waals surface area contributed by atoms with Crippen LogP contribution in [-0.2, 0) is 0 Å². The van der Waals surface area contributed by atoms with Gasteiger partial charge in [-0.05, 0) is 12.0 Å². The molecule has 1 atom stereocenters. The summed E-state index contributed by atoms with van der Waals surface area (Å²) in [5, 5.41) is 9.56. The average molecular weight is 216 g/mol. The molecule has 0 aliphatic rings. The second kappa shape index (κ2) is 7.89. The highest BCUT2D eigenvalue weighted by Crippen LogP contribution is 2.03. The molecular formula is C15H20O. The lowest BCUT2D eigenvalue weighted by molar-refractivity contribution is 0.209. The van der Waals surface area contributed by atoms with E-state index in [0.717, 1.165) is 19.3 Å². The molecule has 0 aliphatic heterocycles. The van der Waals surface area contributed by atoms with Crippen molar-refractivity contribution in [2.75, 3.05) is 0 Å². The molecule has 0 heterocycles. The molecular weight excluding hydrogens is 196 g/mol. The van der Waals surface area contributed by atoms with Crippen molar-refractivity contribution in [2.45, 2.75) is 32.3 Å². The van der Waals surface area contributed by atoms with Gasteiger partial charge in [0, 0.05) is 0 Å². The van der Waals surface area contributed by atoms with Crippen molar-refractivity contribution in [3.05, 3.63) is 54.1 Å². The molecule has 1 N–H and O–H groups in total. The van der Waals surface area contributed by atoms with Gasteiger partial charge in [0.05, 0.1) is 6.10 Å². The largest absolute Gasteiger partial charge is 0.389 e. The lowest BCUT2D eigenvalue weighted by Crippen LogP contribution is -2.00. The highest BCUT2D eigenvalue weighted by atomic mass is 16.3. The molecule has 1 unspecified atom stereocenters. The van der Waals surface area contributed by atoms with Gasteiger partial charge in [0.15, 0.2) is 0 Å². The number of allylic oxidation sites excluding steroid dienone is 2. The molecule has 1 heteroatoms. The van der Waals surface area contributed by atoms with Gasteiger partial charge in [0.1, 0.15) is 0 Å². The Morgan fingerprint density at radius 3 is 2.62 bits per heavy atom. The third-order valence-corrected chi connectivity index (χ3v) is 2.39. The molecule has 0 spiro atoms. The van der Waals surface area contributed by atoms with Gasteiger partial charge < -0.3 is 5.11 Å².